The minimum atomic E-state index is -0.739. The molecule has 1 aromatic rings. The molecule has 5 nitrogen and oxygen atoms in total. The van der Waals surface area contributed by atoms with Gasteiger partial charge in [0.2, 0.25) is 0 Å². The molecule has 0 atom stereocenters. The summed E-state index contributed by atoms with van der Waals surface area (Å²) in [5.41, 5.74) is 5.13. The molecular weight excluding hydrogens is 227 g/mol. The van der Waals surface area contributed by atoms with E-state index in [4.69, 9.17) is 10.5 Å². The predicted octanol–water partition coefficient (Wildman–Crippen LogP) is 0.392. The van der Waals surface area contributed by atoms with Gasteiger partial charge in [0.05, 0.1) is 5.56 Å². The summed E-state index contributed by atoms with van der Waals surface area (Å²) < 4.78 is 18.0. The first-order valence-electron chi connectivity index (χ1n) is 4.84. The summed E-state index contributed by atoms with van der Waals surface area (Å²) in [6.45, 7) is -0.281. The highest BCUT2D eigenvalue weighted by molar-refractivity contribution is 5.95. The van der Waals surface area contributed by atoms with Gasteiger partial charge in [-0.15, -0.1) is 0 Å². The molecule has 0 aliphatic rings. The van der Waals surface area contributed by atoms with Gasteiger partial charge in [0, 0.05) is 20.2 Å². The quantitative estimate of drug-likeness (QED) is 0.827. The van der Waals surface area contributed by atoms with Gasteiger partial charge in [0.15, 0.2) is 6.61 Å². The number of likely N-dealkylation sites (N-methyl/N-ethyl adjacent to an activating group) is 1. The van der Waals surface area contributed by atoms with Crippen molar-refractivity contribution < 1.29 is 18.7 Å². The van der Waals surface area contributed by atoms with Crippen molar-refractivity contribution in [3.63, 3.8) is 0 Å². The first kappa shape index (κ1) is 13.0. The molecule has 0 bridgehead atoms. The summed E-state index contributed by atoms with van der Waals surface area (Å²) in [6, 6.07) is 3.33. The van der Waals surface area contributed by atoms with E-state index in [0.29, 0.717) is 0 Å². The number of rotatable bonds is 4. The van der Waals surface area contributed by atoms with Gasteiger partial charge in [-0.1, -0.05) is 0 Å². The van der Waals surface area contributed by atoms with Crippen LogP contribution in [-0.4, -0.2) is 37.4 Å². The normalized spacial score (nSPS) is 9.82. The van der Waals surface area contributed by atoms with E-state index in [1.54, 1.807) is 14.1 Å². The van der Waals surface area contributed by atoms with Crippen molar-refractivity contribution in [1.29, 1.82) is 0 Å². The standard InChI is InChI=1S/C11H13FN2O3/c1-14(2)10(15)6-17-9-5-7(12)3-4-8(9)11(13)16/h3-5H,6H2,1-2H3,(H2,13,16). The number of carbonyl (C=O) groups is 2. The van der Waals surface area contributed by atoms with Crippen LogP contribution in [0, 0.1) is 5.82 Å². The fourth-order valence-corrected chi connectivity index (χ4v) is 1.09. The van der Waals surface area contributed by atoms with Crippen molar-refractivity contribution in [2.75, 3.05) is 20.7 Å². The third-order valence-electron chi connectivity index (χ3n) is 2.06. The van der Waals surface area contributed by atoms with E-state index in [1.165, 1.54) is 11.0 Å². The Hall–Kier alpha value is -2.11. The molecule has 17 heavy (non-hydrogen) atoms. The molecule has 6 heteroatoms. The van der Waals surface area contributed by atoms with Gasteiger partial charge in [-0.3, -0.25) is 9.59 Å². The zero-order valence-corrected chi connectivity index (χ0v) is 9.57. The zero-order valence-electron chi connectivity index (χ0n) is 9.57. The van der Waals surface area contributed by atoms with Crippen LogP contribution in [0.3, 0.4) is 0 Å². The van der Waals surface area contributed by atoms with Gasteiger partial charge in [-0.2, -0.15) is 0 Å². The molecule has 0 aliphatic carbocycles. The number of hydrogen-bond acceptors (Lipinski definition) is 3. The maximum absolute atomic E-state index is 13.0. The first-order valence-corrected chi connectivity index (χ1v) is 4.84. The minimum absolute atomic E-state index is 0.0345. The fourth-order valence-electron chi connectivity index (χ4n) is 1.09. The van der Waals surface area contributed by atoms with E-state index in [0.717, 1.165) is 12.1 Å². The van der Waals surface area contributed by atoms with E-state index in [9.17, 15) is 14.0 Å². The van der Waals surface area contributed by atoms with Crippen molar-refractivity contribution in [1.82, 2.24) is 4.90 Å². The number of nitrogens with two attached hydrogens (primary N) is 1. The van der Waals surface area contributed by atoms with E-state index in [-0.39, 0.29) is 23.8 Å². The lowest BCUT2D eigenvalue weighted by atomic mass is 10.2. The summed E-state index contributed by atoms with van der Waals surface area (Å²) in [7, 11) is 3.12. The molecule has 0 aromatic heterocycles. The summed E-state index contributed by atoms with van der Waals surface area (Å²) in [6.07, 6.45) is 0. The molecule has 0 spiro atoms. The first-order chi connectivity index (χ1) is 7.91. The van der Waals surface area contributed by atoms with Crippen molar-refractivity contribution in [2.45, 2.75) is 0 Å². The highest BCUT2D eigenvalue weighted by Gasteiger charge is 2.12. The summed E-state index contributed by atoms with van der Waals surface area (Å²) in [5, 5.41) is 0. The van der Waals surface area contributed by atoms with Crippen LogP contribution in [0.25, 0.3) is 0 Å². The largest absolute Gasteiger partial charge is 0.483 e. The van der Waals surface area contributed by atoms with Gasteiger partial charge >= 0.3 is 0 Å². The van der Waals surface area contributed by atoms with Crippen LogP contribution in [0.5, 0.6) is 5.75 Å². The maximum atomic E-state index is 13.0. The Labute approximate surface area is 98.0 Å². The molecule has 0 unspecified atom stereocenters. The van der Waals surface area contributed by atoms with Gasteiger partial charge in [-0.25, -0.2) is 4.39 Å². The number of amides is 2. The monoisotopic (exact) mass is 240 g/mol. The fraction of sp³-hybridized carbons (Fsp3) is 0.273. The van der Waals surface area contributed by atoms with E-state index in [1.807, 2.05) is 0 Å². The number of carbonyl (C=O) groups excluding carboxylic acids is 2. The summed E-state index contributed by atoms with van der Waals surface area (Å²) in [5.74, 6) is -1.64. The van der Waals surface area contributed by atoms with Crippen LogP contribution >= 0.6 is 0 Å². The number of halogens is 1. The van der Waals surface area contributed by atoms with Gasteiger partial charge < -0.3 is 15.4 Å². The summed E-state index contributed by atoms with van der Waals surface area (Å²) >= 11 is 0. The topological polar surface area (TPSA) is 72.6 Å². The smallest absolute Gasteiger partial charge is 0.259 e. The van der Waals surface area contributed by atoms with E-state index < -0.39 is 11.7 Å². The average molecular weight is 240 g/mol. The van der Waals surface area contributed by atoms with Crippen LogP contribution in [-0.2, 0) is 4.79 Å². The Bertz CT molecular complexity index is 446. The van der Waals surface area contributed by atoms with Crippen LogP contribution in [0.15, 0.2) is 18.2 Å². The molecule has 2 amide bonds. The van der Waals surface area contributed by atoms with Crippen LogP contribution in [0.4, 0.5) is 4.39 Å². The molecule has 0 heterocycles. The van der Waals surface area contributed by atoms with Crippen molar-refractivity contribution in [2.24, 2.45) is 5.73 Å². The van der Waals surface area contributed by atoms with Gasteiger partial charge in [0.1, 0.15) is 11.6 Å². The number of primary amides is 1. The Kier molecular flexibility index (Phi) is 4.03. The van der Waals surface area contributed by atoms with Gasteiger partial charge in [-0.05, 0) is 12.1 Å². The lowest BCUT2D eigenvalue weighted by molar-refractivity contribution is -0.130. The number of nitrogens with zero attached hydrogens (tertiary/aromatic N) is 1. The predicted molar refractivity (Wildman–Crippen MR) is 59.1 cm³/mol. The molecule has 0 aliphatic heterocycles. The maximum Gasteiger partial charge on any atom is 0.259 e. The number of hydrogen-bond donors (Lipinski definition) is 1. The van der Waals surface area contributed by atoms with Crippen molar-refractivity contribution >= 4 is 11.8 Å². The molecule has 0 saturated heterocycles. The lowest BCUT2D eigenvalue weighted by Gasteiger charge is -2.12. The van der Waals surface area contributed by atoms with E-state index >= 15 is 0 Å². The highest BCUT2D eigenvalue weighted by atomic mass is 19.1. The molecular formula is C11H13FN2O3. The minimum Gasteiger partial charge on any atom is -0.483 e. The molecule has 0 fully saturated rings. The van der Waals surface area contributed by atoms with Crippen LogP contribution < -0.4 is 10.5 Å². The Morgan fingerprint density at radius 3 is 2.59 bits per heavy atom. The second-order valence-corrected chi connectivity index (χ2v) is 3.58. The average Bonchev–Trinajstić information content (AvgIpc) is 2.25. The van der Waals surface area contributed by atoms with Gasteiger partial charge in [0.25, 0.3) is 11.8 Å². The summed E-state index contributed by atoms with van der Waals surface area (Å²) in [4.78, 5) is 23.6. The lowest BCUT2D eigenvalue weighted by Crippen LogP contribution is -2.28. The third-order valence-corrected chi connectivity index (χ3v) is 2.06. The molecule has 1 rings (SSSR count). The highest BCUT2D eigenvalue weighted by Crippen LogP contribution is 2.19. The Balaban J connectivity index is 2.86. The molecule has 92 valence electrons. The Morgan fingerprint density at radius 1 is 1.41 bits per heavy atom. The zero-order chi connectivity index (χ0) is 13.0. The van der Waals surface area contributed by atoms with Crippen molar-refractivity contribution in [3.8, 4) is 5.75 Å². The number of ether oxygens (including phenoxy) is 1. The van der Waals surface area contributed by atoms with E-state index in [2.05, 4.69) is 0 Å². The SMILES string of the molecule is CN(C)C(=O)COc1cc(F)ccc1C(N)=O. The second-order valence-electron chi connectivity index (χ2n) is 3.58. The second kappa shape index (κ2) is 5.29. The molecule has 0 radical (unpaired) electrons. The van der Waals surface area contributed by atoms with Crippen molar-refractivity contribution in [3.05, 3.63) is 29.6 Å². The Morgan fingerprint density at radius 2 is 2.06 bits per heavy atom. The molecule has 2 N–H and O–H groups in total. The molecule has 0 saturated carbocycles. The van der Waals surface area contributed by atoms with Crippen LogP contribution in [0.1, 0.15) is 10.4 Å². The molecule has 1 aromatic carbocycles. The van der Waals surface area contributed by atoms with Crippen LogP contribution in [0.2, 0.25) is 0 Å². The third kappa shape index (κ3) is 3.44. The number of benzene rings is 1.